The minimum absolute atomic E-state index is 0.133. The van der Waals surface area contributed by atoms with Gasteiger partial charge in [-0.1, -0.05) is 39.3 Å². The minimum atomic E-state index is -0.312. The zero-order valence-corrected chi connectivity index (χ0v) is 21.8. The zero-order chi connectivity index (χ0) is 24.0. The first-order chi connectivity index (χ1) is 15.9. The summed E-state index contributed by atoms with van der Waals surface area (Å²) in [6.07, 6.45) is -0.312. The van der Waals surface area contributed by atoms with Crippen LogP contribution >= 0.6 is 39.3 Å². The molecule has 0 aliphatic carbocycles. The van der Waals surface area contributed by atoms with E-state index in [0.717, 1.165) is 10.2 Å². The smallest absolute Gasteiger partial charge is 0.234 e. The highest BCUT2D eigenvalue weighted by atomic mass is 79.9. The fourth-order valence-corrected chi connectivity index (χ4v) is 4.35. The van der Waals surface area contributed by atoms with Gasteiger partial charge in [-0.3, -0.25) is 4.79 Å². The van der Waals surface area contributed by atoms with E-state index in [4.69, 9.17) is 25.8 Å². The van der Waals surface area contributed by atoms with Gasteiger partial charge < -0.3 is 24.1 Å². The number of carbonyl (C=O) groups is 1. The van der Waals surface area contributed by atoms with Gasteiger partial charge in [-0.2, -0.15) is 0 Å². The fourth-order valence-electron chi connectivity index (χ4n) is 3.05. The number of nitrogens with zero attached hydrogens (tertiary/aromatic N) is 3. The first kappa shape index (κ1) is 25.2. The van der Waals surface area contributed by atoms with Crippen LogP contribution in [0, 0.1) is 0 Å². The lowest BCUT2D eigenvalue weighted by atomic mass is 10.2. The van der Waals surface area contributed by atoms with E-state index in [2.05, 4.69) is 31.4 Å². The zero-order valence-electron chi connectivity index (χ0n) is 18.6. The molecule has 0 aliphatic heterocycles. The van der Waals surface area contributed by atoms with Gasteiger partial charge in [-0.25, -0.2) is 0 Å². The van der Waals surface area contributed by atoms with Crippen molar-refractivity contribution in [3.05, 3.63) is 51.7 Å². The Morgan fingerprint density at radius 1 is 1.18 bits per heavy atom. The van der Waals surface area contributed by atoms with Gasteiger partial charge in [0.15, 0.2) is 17.1 Å². The molecule has 33 heavy (non-hydrogen) atoms. The number of halogens is 2. The third-order valence-corrected chi connectivity index (χ3v) is 6.42. The second-order valence-electron chi connectivity index (χ2n) is 6.82. The van der Waals surface area contributed by atoms with Crippen LogP contribution in [0.4, 0.5) is 5.69 Å². The summed E-state index contributed by atoms with van der Waals surface area (Å²) in [5.74, 6) is 2.21. The van der Waals surface area contributed by atoms with Crippen LogP contribution in [0.25, 0.3) is 0 Å². The molecule has 0 aliphatic rings. The molecule has 1 aromatic heterocycles. The van der Waals surface area contributed by atoms with Gasteiger partial charge >= 0.3 is 0 Å². The number of hydrogen-bond donors (Lipinski definition) is 1. The normalized spacial score (nSPS) is 11.7. The van der Waals surface area contributed by atoms with E-state index in [1.165, 1.54) is 26.0 Å². The molecule has 3 aromatic rings. The van der Waals surface area contributed by atoms with Crippen LogP contribution in [0.3, 0.4) is 0 Å². The number of thioether (sulfide) groups is 1. The van der Waals surface area contributed by atoms with E-state index >= 15 is 0 Å². The monoisotopic (exact) mass is 554 g/mol. The lowest BCUT2D eigenvalue weighted by Gasteiger charge is -2.16. The average molecular weight is 556 g/mol. The van der Waals surface area contributed by atoms with Crippen LogP contribution in [-0.4, -0.2) is 40.6 Å². The van der Waals surface area contributed by atoms with E-state index in [0.29, 0.717) is 39.7 Å². The molecule has 0 bridgehead atoms. The van der Waals surface area contributed by atoms with Crippen LogP contribution in [0.5, 0.6) is 17.2 Å². The van der Waals surface area contributed by atoms with Gasteiger partial charge in [-0.15, -0.1) is 10.2 Å². The highest BCUT2D eigenvalue weighted by Gasteiger charge is 2.20. The van der Waals surface area contributed by atoms with Gasteiger partial charge in [0.1, 0.15) is 17.2 Å². The van der Waals surface area contributed by atoms with E-state index < -0.39 is 0 Å². The number of amides is 1. The first-order valence-corrected chi connectivity index (χ1v) is 12.2. The molecule has 3 rings (SSSR count). The maximum atomic E-state index is 12.6. The molecule has 0 radical (unpaired) electrons. The molecule has 8 nitrogen and oxygen atoms in total. The summed E-state index contributed by atoms with van der Waals surface area (Å²) in [4.78, 5) is 12.6. The second-order valence-corrected chi connectivity index (χ2v) is 9.09. The topological polar surface area (TPSA) is 87.5 Å². The number of aromatic nitrogens is 3. The minimum Gasteiger partial charge on any atom is -0.495 e. The lowest BCUT2D eigenvalue weighted by Crippen LogP contribution is -2.16. The highest BCUT2D eigenvalue weighted by molar-refractivity contribution is 9.10. The van der Waals surface area contributed by atoms with Crippen LogP contribution < -0.4 is 19.5 Å². The van der Waals surface area contributed by atoms with Crippen molar-refractivity contribution in [3.63, 3.8) is 0 Å². The largest absolute Gasteiger partial charge is 0.495 e. The molecule has 2 aromatic carbocycles. The maximum Gasteiger partial charge on any atom is 0.234 e. The Hall–Kier alpha value is -2.43. The molecule has 11 heteroatoms. The predicted octanol–water partition coefficient (Wildman–Crippen LogP) is 5.60. The summed E-state index contributed by atoms with van der Waals surface area (Å²) < 4.78 is 19.4. The van der Waals surface area contributed by atoms with Crippen molar-refractivity contribution in [2.75, 3.05) is 25.3 Å². The molecular weight excluding hydrogens is 532 g/mol. The van der Waals surface area contributed by atoms with Gasteiger partial charge in [0, 0.05) is 23.2 Å². The van der Waals surface area contributed by atoms with Crippen LogP contribution in [0.2, 0.25) is 5.02 Å². The SMILES string of the molecule is CCn1c(SCC(=O)Nc2cc(OC)c(Cl)cc2OC)nnc1C(C)Oc1ccc(Br)cc1. The molecule has 0 spiro atoms. The quantitative estimate of drug-likeness (QED) is 0.326. The highest BCUT2D eigenvalue weighted by Crippen LogP contribution is 2.36. The Morgan fingerprint density at radius 3 is 2.52 bits per heavy atom. The number of carbonyl (C=O) groups excluding carboxylic acids is 1. The number of hydrogen-bond acceptors (Lipinski definition) is 7. The van der Waals surface area contributed by atoms with Crippen molar-refractivity contribution < 1.29 is 19.0 Å². The van der Waals surface area contributed by atoms with Gasteiger partial charge in [0.2, 0.25) is 5.91 Å². The summed E-state index contributed by atoms with van der Waals surface area (Å²) in [5, 5.41) is 12.4. The third-order valence-electron chi connectivity index (χ3n) is 4.63. The number of rotatable bonds is 10. The van der Waals surface area contributed by atoms with E-state index in [1.54, 1.807) is 12.1 Å². The van der Waals surface area contributed by atoms with Gasteiger partial charge in [-0.05, 0) is 38.1 Å². The Balaban J connectivity index is 1.66. The first-order valence-electron chi connectivity index (χ1n) is 10.1. The molecule has 1 N–H and O–H groups in total. The second kappa shape index (κ2) is 11.6. The molecule has 0 saturated carbocycles. The summed E-state index contributed by atoms with van der Waals surface area (Å²) in [6, 6.07) is 10.8. The Kier molecular flexibility index (Phi) is 8.87. The van der Waals surface area contributed by atoms with Crippen LogP contribution in [0.15, 0.2) is 46.0 Å². The van der Waals surface area contributed by atoms with Crippen LogP contribution in [-0.2, 0) is 11.3 Å². The van der Waals surface area contributed by atoms with E-state index in [-0.39, 0.29) is 17.8 Å². The number of methoxy groups -OCH3 is 2. The van der Waals surface area contributed by atoms with Crippen molar-refractivity contribution in [1.82, 2.24) is 14.8 Å². The average Bonchev–Trinajstić information content (AvgIpc) is 3.23. The molecule has 1 atom stereocenters. The number of ether oxygens (including phenoxy) is 3. The van der Waals surface area contributed by atoms with E-state index in [1.807, 2.05) is 42.7 Å². The number of nitrogens with one attached hydrogen (secondary N) is 1. The lowest BCUT2D eigenvalue weighted by molar-refractivity contribution is -0.113. The summed E-state index contributed by atoms with van der Waals surface area (Å²) in [6.45, 7) is 4.55. The Labute approximate surface area is 210 Å². The summed E-state index contributed by atoms with van der Waals surface area (Å²) in [5.41, 5.74) is 0.471. The van der Waals surface area contributed by atoms with Crippen molar-refractivity contribution in [1.29, 1.82) is 0 Å². The standard InChI is InChI=1S/C22H24BrClN4O4S/c1-5-28-21(13(2)32-15-8-6-14(23)7-9-15)26-27-22(28)33-12-20(29)25-17-11-18(30-3)16(24)10-19(17)31-4/h6-11,13H,5,12H2,1-4H3,(H,25,29). The molecule has 176 valence electrons. The predicted molar refractivity (Wildman–Crippen MR) is 133 cm³/mol. The summed E-state index contributed by atoms with van der Waals surface area (Å²) in [7, 11) is 3.01. The number of anilines is 1. The molecule has 1 heterocycles. The molecule has 0 saturated heterocycles. The van der Waals surface area contributed by atoms with Crippen molar-refractivity contribution >= 4 is 50.9 Å². The Bertz CT molecular complexity index is 1110. The number of benzene rings is 2. The Morgan fingerprint density at radius 2 is 1.88 bits per heavy atom. The summed E-state index contributed by atoms with van der Waals surface area (Å²) >= 11 is 10.8. The maximum absolute atomic E-state index is 12.6. The molecular formula is C22H24BrClN4O4S. The van der Waals surface area contributed by atoms with Crippen molar-refractivity contribution in [3.8, 4) is 17.2 Å². The molecule has 0 fully saturated rings. The third kappa shape index (κ3) is 6.33. The van der Waals surface area contributed by atoms with Gasteiger partial charge in [0.25, 0.3) is 0 Å². The van der Waals surface area contributed by atoms with Crippen molar-refractivity contribution in [2.45, 2.75) is 31.7 Å². The molecule has 1 unspecified atom stereocenters. The van der Waals surface area contributed by atoms with E-state index in [9.17, 15) is 4.79 Å². The fraction of sp³-hybridized carbons (Fsp3) is 0.318. The molecule has 1 amide bonds. The van der Waals surface area contributed by atoms with Gasteiger partial charge in [0.05, 0.1) is 30.7 Å². The van der Waals surface area contributed by atoms with Crippen LogP contribution in [0.1, 0.15) is 25.8 Å². The van der Waals surface area contributed by atoms with Crippen molar-refractivity contribution in [2.24, 2.45) is 0 Å².